The van der Waals surface area contributed by atoms with E-state index in [9.17, 15) is 18.0 Å². The van der Waals surface area contributed by atoms with Crippen LogP contribution in [0.15, 0.2) is 17.5 Å². The van der Waals surface area contributed by atoms with Crippen LogP contribution in [0.5, 0.6) is 0 Å². The third-order valence-electron chi connectivity index (χ3n) is 3.78. The maximum Gasteiger partial charge on any atom is 0.391 e. The van der Waals surface area contributed by atoms with E-state index < -0.39 is 12.1 Å². The van der Waals surface area contributed by atoms with Gasteiger partial charge >= 0.3 is 12.2 Å². The van der Waals surface area contributed by atoms with E-state index in [4.69, 9.17) is 0 Å². The van der Waals surface area contributed by atoms with Crippen LogP contribution in [-0.2, 0) is 6.54 Å². The summed E-state index contributed by atoms with van der Waals surface area (Å²) in [5, 5.41) is 4.65. The minimum absolute atomic E-state index is 0.0118. The lowest BCUT2D eigenvalue weighted by Crippen LogP contribution is -2.46. The second kappa shape index (κ2) is 6.68. The Morgan fingerprint density at radius 3 is 2.86 bits per heavy atom. The van der Waals surface area contributed by atoms with E-state index in [1.54, 1.807) is 18.4 Å². The van der Waals surface area contributed by atoms with Crippen LogP contribution >= 0.6 is 11.3 Å². The predicted molar refractivity (Wildman–Crippen MR) is 76.1 cm³/mol. The van der Waals surface area contributed by atoms with Crippen LogP contribution in [0.1, 0.15) is 30.6 Å². The lowest BCUT2D eigenvalue weighted by Gasteiger charge is -2.32. The SMILES string of the molecule is CN(Cc1cccs1)C(=O)N[C@@H]1CCC[C@@H](C(F)(F)F)C1. The highest BCUT2D eigenvalue weighted by Crippen LogP contribution is 2.37. The standard InChI is InChI=1S/C14H19F3N2OS/c1-19(9-12-6-3-7-21-12)13(20)18-11-5-2-4-10(8-11)14(15,16)17/h3,6-7,10-11H,2,4-5,8-9H2,1H3,(H,18,20)/t10-,11-/m1/s1. The van der Waals surface area contributed by atoms with Crippen molar-refractivity contribution in [2.75, 3.05) is 7.05 Å². The first-order valence-corrected chi connectivity index (χ1v) is 7.85. The fraction of sp³-hybridized carbons (Fsp3) is 0.643. The Labute approximate surface area is 126 Å². The number of carbonyl (C=O) groups excluding carboxylic acids is 1. The zero-order valence-corrected chi connectivity index (χ0v) is 12.6. The van der Waals surface area contributed by atoms with Crippen molar-refractivity contribution in [3.8, 4) is 0 Å². The summed E-state index contributed by atoms with van der Waals surface area (Å²) in [5.74, 6) is -1.29. The van der Waals surface area contributed by atoms with Gasteiger partial charge in [0.15, 0.2) is 0 Å². The van der Waals surface area contributed by atoms with Gasteiger partial charge in [0.05, 0.1) is 12.5 Å². The topological polar surface area (TPSA) is 32.3 Å². The van der Waals surface area contributed by atoms with Crippen LogP contribution in [0.2, 0.25) is 0 Å². The molecule has 0 aliphatic heterocycles. The first kappa shape index (κ1) is 16.1. The van der Waals surface area contributed by atoms with Gasteiger partial charge in [0.1, 0.15) is 0 Å². The van der Waals surface area contributed by atoms with Crippen LogP contribution in [0.3, 0.4) is 0 Å². The second-order valence-corrected chi connectivity index (χ2v) is 6.52. The van der Waals surface area contributed by atoms with Crippen molar-refractivity contribution in [3.05, 3.63) is 22.4 Å². The van der Waals surface area contributed by atoms with Crippen LogP contribution in [0.25, 0.3) is 0 Å². The molecule has 2 rings (SSSR count). The molecule has 1 aliphatic rings. The Balaban J connectivity index is 1.84. The molecule has 0 bridgehead atoms. The summed E-state index contributed by atoms with van der Waals surface area (Å²) < 4.78 is 38.2. The van der Waals surface area contributed by atoms with Crippen LogP contribution < -0.4 is 5.32 Å². The number of nitrogens with one attached hydrogen (secondary N) is 1. The summed E-state index contributed by atoms with van der Waals surface area (Å²) in [4.78, 5) is 14.6. The van der Waals surface area contributed by atoms with Gasteiger partial charge in [-0.1, -0.05) is 12.5 Å². The lowest BCUT2D eigenvalue weighted by molar-refractivity contribution is -0.183. The number of thiophene rings is 1. The Morgan fingerprint density at radius 1 is 1.48 bits per heavy atom. The largest absolute Gasteiger partial charge is 0.391 e. The van der Waals surface area contributed by atoms with Gasteiger partial charge in [0.2, 0.25) is 0 Å². The summed E-state index contributed by atoms with van der Waals surface area (Å²) in [5.41, 5.74) is 0. The zero-order chi connectivity index (χ0) is 15.5. The number of hydrogen-bond acceptors (Lipinski definition) is 2. The van der Waals surface area contributed by atoms with Crippen molar-refractivity contribution >= 4 is 17.4 Å². The van der Waals surface area contributed by atoms with Crippen molar-refractivity contribution in [1.29, 1.82) is 0 Å². The molecule has 118 valence electrons. The number of amides is 2. The summed E-state index contributed by atoms with van der Waals surface area (Å²) in [6, 6.07) is 3.13. The molecule has 0 radical (unpaired) electrons. The van der Waals surface area contributed by atoms with Crippen LogP contribution in [0.4, 0.5) is 18.0 Å². The fourth-order valence-corrected chi connectivity index (χ4v) is 3.37. The molecular weight excluding hydrogens is 301 g/mol. The summed E-state index contributed by atoms with van der Waals surface area (Å²) in [6.45, 7) is 0.471. The molecule has 1 saturated carbocycles. The smallest absolute Gasteiger partial charge is 0.335 e. The van der Waals surface area contributed by atoms with E-state index in [0.717, 1.165) is 4.88 Å². The highest BCUT2D eigenvalue weighted by Gasteiger charge is 2.42. The van der Waals surface area contributed by atoms with E-state index in [2.05, 4.69) is 5.32 Å². The molecule has 1 aromatic rings. The van der Waals surface area contributed by atoms with Crippen molar-refractivity contribution in [2.24, 2.45) is 5.92 Å². The Morgan fingerprint density at radius 2 is 2.24 bits per heavy atom. The number of halogens is 3. The molecular formula is C14H19F3N2OS. The van der Waals surface area contributed by atoms with E-state index in [1.807, 2.05) is 17.5 Å². The second-order valence-electron chi connectivity index (χ2n) is 5.49. The molecule has 2 amide bonds. The van der Waals surface area contributed by atoms with E-state index >= 15 is 0 Å². The molecule has 0 aromatic carbocycles. The molecule has 1 heterocycles. The summed E-state index contributed by atoms with van der Waals surface area (Å²) in [7, 11) is 1.65. The Bertz CT molecular complexity index is 461. The monoisotopic (exact) mass is 320 g/mol. The molecule has 1 aromatic heterocycles. The molecule has 21 heavy (non-hydrogen) atoms. The van der Waals surface area contributed by atoms with Gasteiger partial charge in [-0.15, -0.1) is 11.3 Å². The van der Waals surface area contributed by atoms with Gasteiger partial charge in [0.25, 0.3) is 0 Å². The molecule has 1 N–H and O–H groups in total. The normalized spacial score (nSPS) is 22.9. The maximum atomic E-state index is 12.7. The Kier molecular flexibility index (Phi) is 5.13. The van der Waals surface area contributed by atoms with Crippen molar-refractivity contribution in [1.82, 2.24) is 10.2 Å². The molecule has 2 atom stereocenters. The summed E-state index contributed by atoms with van der Waals surface area (Å²) in [6.07, 6.45) is -2.88. The molecule has 1 fully saturated rings. The van der Waals surface area contributed by atoms with Crippen LogP contribution in [0, 0.1) is 5.92 Å². The highest BCUT2D eigenvalue weighted by molar-refractivity contribution is 7.09. The quantitative estimate of drug-likeness (QED) is 0.896. The van der Waals surface area contributed by atoms with Gasteiger partial charge < -0.3 is 10.2 Å². The van der Waals surface area contributed by atoms with Gasteiger partial charge in [0, 0.05) is 18.0 Å². The van der Waals surface area contributed by atoms with E-state index in [1.165, 1.54) is 4.90 Å². The van der Waals surface area contributed by atoms with E-state index in [0.29, 0.717) is 19.4 Å². The number of hydrogen-bond donors (Lipinski definition) is 1. The molecule has 3 nitrogen and oxygen atoms in total. The third-order valence-corrected chi connectivity index (χ3v) is 4.65. The fourth-order valence-electron chi connectivity index (χ4n) is 2.61. The first-order valence-electron chi connectivity index (χ1n) is 6.97. The average molecular weight is 320 g/mol. The Hall–Kier alpha value is -1.24. The number of rotatable bonds is 3. The highest BCUT2D eigenvalue weighted by atomic mass is 32.1. The van der Waals surface area contributed by atoms with Crippen molar-refractivity contribution < 1.29 is 18.0 Å². The minimum atomic E-state index is -4.16. The zero-order valence-electron chi connectivity index (χ0n) is 11.8. The predicted octanol–water partition coefficient (Wildman–Crippen LogP) is 4.01. The third kappa shape index (κ3) is 4.62. The molecule has 1 aliphatic carbocycles. The molecule has 7 heteroatoms. The van der Waals surface area contributed by atoms with Gasteiger partial charge in [-0.3, -0.25) is 0 Å². The van der Waals surface area contributed by atoms with Gasteiger partial charge in [-0.05, 0) is 30.7 Å². The minimum Gasteiger partial charge on any atom is -0.335 e. The van der Waals surface area contributed by atoms with Gasteiger partial charge in [-0.25, -0.2) is 4.79 Å². The molecule has 0 unspecified atom stereocenters. The number of alkyl halides is 3. The maximum absolute atomic E-state index is 12.7. The van der Waals surface area contributed by atoms with Crippen molar-refractivity contribution in [2.45, 2.75) is 44.4 Å². The van der Waals surface area contributed by atoms with Gasteiger partial charge in [-0.2, -0.15) is 13.2 Å². The number of nitrogens with zero attached hydrogens (tertiary/aromatic N) is 1. The summed E-state index contributed by atoms with van der Waals surface area (Å²) >= 11 is 1.55. The first-order chi connectivity index (χ1) is 9.86. The molecule has 0 saturated heterocycles. The lowest BCUT2D eigenvalue weighted by atomic mass is 9.85. The average Bonchev–Trinajstić information content (AvgIpc) is 2.91. The molecule has 0 spiro atoms. The number of carbonyl (C=O) groups is 1. The van der Waals surface area contributed by atoms with Crippen molar-refractivity contribution in [3.63, 3.8) is 0 Å². The van der Waals surface area contributed by atoms with Crippen LogP contribution in [-0.4, -0.2) is 30.2 Å². The van der Waals surface area contributed by atoms with E-state index in [-0.39, 0.29) is 24.9 Å². The number of urea groups is 1.